The predicted octanol–water partition coefficient (Wildman–Crippen LogP) is 5.04. The molecule has 128 valence electrons. The number of thiazole rings is 1. The highest BCUT2D eigenvalue weighted by molar-refractivity contribution is 9.10. The van der Waals surface area contributed by atoms with Crippen LogP contribution in [0, 0.1) is 12.7 Å². The number of ether oxygens (including phenoxy) is 1. The number of nitrogens with one attached hydrogen (secondary N) is 1. The monoisotopic (exact) mass is 420 g/mol. The summed E-state index contributed by atoms with van der Waals surface area (Å²) in [5, 5.41) is 4.97. The van der Waals surface area contributed by atoms with Gasteiger partial charge in [-0.15, -0.1) is 11.3 Å². The summed E-state index contributed by atoms with van der Waals surface area (Å²) in [6, 6.07) is 11.7. The van der Waals surface area contributed by atoms with E-state index in [4.69, 9.17) is 4.74 Å². The van der Waals surface area contributed by atoms with Gasteiger partial charge >= 0.3 is 0 Å². The second-order valence-electron chi connectivity index (χ2n) is 5.32. The molecule has 0 spiro atoms. The number of amides is 1. The van der Waals surface area contributed by atoms with E-state index in [1.54, 1.807) is 17.5 Å². The molecule has 0 aliphatic rings. The molecule has 7 heteroatoms. The van der Waals surface area contributed by atoms with Crippen molar-refractivity contribution in [3.05, 3.63) is 63.7 Å². The molecular formula is C18H14BrFN2O2S. The first kappa shape index (κ1) is 17.6. The molecule has 1 N–H and O–H groups in total. The van der Waals surface area contributed by atoms with Gasteiger partial charge in [0, 0.05) is 10.9 Å². The highest BCUT2D eigenvalue weighted by atomic mass is 79.9. The van der Waals surface area contributed by atoms with Crippen molar-refractivity contribution in [3.8, 4) is 17.0 Å². The van der Waals surface area contributed by atoms with Crippen molar-refractivity contribution in [2.45, 2.75) is 6.92 Å². The van der Waals surface area contributed by atoms with E-state index in [0.29, 0.717) is 16.6 Å². The minimum absolute atomic E-state index is 0.118. The van der Waals surface area contributed by atoms with E-state index in [-0.39, 0.29) is 18.3 Å². The van der Waals surface area contributed by atoms with E-state index in [2.05, 4.69) is 26.2 Å². The Kier molecular flexibility index (Phi) is 5.45. The van der Waals surface area contributed by atoms with Crippen LogP contribution in [0.5, 0.6) is 5.75 Å². The summed E-state index contributed by atoms with van der Waals surface area (Å²) in [6.07, 6.45) is 0. The van der Waals surface area contributed by atoms with Gasteiger partial charge in [-0.25, -0.2) is 9.37 Å². The summed E-state index contributed by atoms with van der Waals surface area (Å²) >= 11 is 4.71. The number of halogens is 2. The average molecular weight is 421 g/mol. The van der Waals surface area contributed by atoms with Gasteiger partial charge in [0.15, 0.2) is 11.7 Å². The second kappa shape index (κ2) is 7.76. The van der Waals surface area contributed by atoms with E-state index >= 15 is 0 Å². The Morgan fingerprint density at radius 2 is 2.04 bits per heavy atom. The third-order valence-electron chi connectivity index (χ3n) is 3.34. The summed E-state index contributed by atoms with van der Waals surface area (Å²) in [4.78, 5) is 16.4. The zero-order valence-electron chi connectivity index (χ0n) is 13.3. The standard InChI is InChI=1S/C18H14BrFN2O2S/c1-11-2-7-16(14(19)8-11)24-9-17(23)22-18-21-15(10-25-18)12-3-5-13(20)6-4-12/h2-8,10H,9H2,1H3,(H,21,22,23). The molecule has 0 unspecified atom stereocenters. The van der Waals surface area contributed by atoms with Crippen LogP contribution in [-0.2, 0) is 4.79 Å². The second-order valence-corrected chi connectivity index (χ2v) is 7.03. The summed E-state index contributed by atoms with van der Waals surface area (Å²) in [5.74, 6) is 0.00583. The average Bonchev–Trinajstić information content (AvgIpc) is 3.03. The lowest BCUT2D eigenvalue weighted by molar-refractivity contribution is -0.118. The maximum atomic E-state index is 13.0. The van der Waals surface area contributed by atoms with Gasteiger partial charge in [0.05, 0.1) is 10.2 Å². The summed E-state index contributed by atoms with van der Waals surface area (Å²) in [5.41, 5.74) is 2.57. The lowest BCUT2D eigenvalue weighted by Gasteiger charge is -2.08. The van der Waals surface area contributed by atoms with Crippen molar-refractivity contribution < 1.29 is 13.9 Å². The van der Waals surface area contributed by atoms with Crippen molar-refractivity contribution in [1.29, 1.82) is 0 Å². The lowest BCUT2D eigenvalue weighted by Crippen LogP contribution is -2.20. The van der Waals surface area contributed by atoms with Crippen LogP contribution in [0.25, 0.3) is 11.3 Å². The first-order chi connectivity index (χ1) is 12.0. The molecule has 0 saturated heterocycles. The van der Waals surface area contributed by atoms with E-state index in [9.17, 15) is 9.18 Å². The Bertz CT molecular complexity index is 896. The highest BCUT2D eigenvalue weighted by Gasteiger charge is 2.10. The van der Waals surface area contributed by atoms with E-state index in [1.165, 1.54) is 23.5 Å². The van der Waals surface area contributed by atoms with Gasteiger partial charge in [0.25, 0.3) is 5.91 Å². The number of carbonyl (C=O) groups is 1. The van der Waals surface area contributed by atoms with E-state index in [0.717, 1.165) is 15.6 Å². The third kappa shape index (κ3) is 4.64. The van der Waals surface area contributed by atoms with Crippen molar-refractivity contribution in [2.75, 3.05) is 11.9 Å². The minimum Gasteiger partial charge on any atom is -0.483 e. The molecular weight excluding hydrogens is 407 g/mol. The SMILES string of the molecule is Cc1ccc(OCC(=O)Nc2nc(-c3ccc(F)cc3)cs2)c(Br)c1. The summed E-state index contributed by atoms with van der Waals surface area (Å²) in [7, 11) is 0. The topological polar surface area (TPSA) is 51.2 Å². The van der Waals surface area contributed by atoms with Gasteiger partial charge in [-0.3, -0.25) is 10.1 Å². The number of hydrogen-bond donors (Lipinski definition) is 1. The fourth-order valence-corrected chi connectivity index (χ4v) is 3.45. The number of rotatable bonds is 5. The third-order valence-corrected chi connectivity index (χ3v) is 4.71. The summed E-state index contributed by atoms with van der Waals surface area (Å²) in [6.45, 7) is 1.86. The lowest BCUT2D eigenvalue weighted by atomic mass is 10.2. The fourth-order valence-electron chi connectivity index (χ4n) is 2.11. The van der Waals surface area contributed by atoms with Gasteiger partial charge in [-0.1, -0.05) is 6.07 Å². The van der Waals surface area contributed by atoms with Gasteiger partial charge in [0.2, 0.25) is 0 Å². The van der Waals surface area contributed by atoms with Crippen LogP contribution in [0.2, 0.25) is 0 Å². The smallest absolute Gasteiger partial charge is 0.264 e. The minimum atomic E-state index is -0.299. The maximum Gasteiger partial charge on any atom is 0.264 e. The van der Waals surface area contributed by atoms with Gasteiger partial charge in [-0.05, 0) is 64.8 Å². The van der Waals surface area contributed by atoms with Gasteiger partial charge in [-0.2, -0.15) is 0 Å². The van der Waals surface area contributed by atoms with Crippen LogP contribution >= 0.6 is 27.3 Å². The number of aromatic nitrogens is 1. The van der Waals surface area contributed by atoms with Gasteiger partial charge in [0.1, 0.15) is 11.6 Å². The molecule has 3 rings (SSSR count). The molecule has 3 aromatic rings. The first-order valence-corrected chi connectivity index (χ1v) is 9.09. The van der Waals surface area contributed by atoms with Gasteiger partial charge < -0.3 is 4.74 Å². The number of benzene rings is 2. The number of anilines is 1. The number of nitrogens with zero attached hydrogens (tertiary/aromatic N) is 1. The molecule has 1 heterocycles. The van der Waals surface area contributed by atoms with Crippen molar-refractivity contribution in [2.24, 2.45) is 0 Å². The highest BCUT2D eigenvalue weighted by Crippen LogP contribution is 2.26. The molecule has 0 fully saturated rings. The zero-order valence-corrected chi connectivity index (χ0v) is 15.7. The van der Waals surface area contributed by atoms with Crippen LogP contribution in [0.4, 0.5) is 9.52 Å². The Morgan fingerprint density at radius 3 is 2.76 bits per heavy atom. The molecule has 1 amide bonds. The van der Waals surface area contributed by atoms with E-state index in [1.807, 2.05) is 25.1 Å². The molecule has 0 aliphatic carbocycles. The Balaban J connectivity index is 1.59. The Labute approximate surface area is 156 Å². The van der Waals surface area contributed by atoms with Crippen LogP contribution in [0.15, 0.2) is 52.3 Å². The normalized spacial score (nSPS) is 10.5. The van der Waals surface area contributed by atoms with Crippen molar-refractivity contribution >= 4 is 38.3 Å². The molecule has 4 nitrogen and oxygen atoms in total. The quantitative estimate of drug-likeness (QED) is 0.628. The van der Waals surface area contributed by atoms with Crippen molar-refractivity contribution in [3.63, 3.8) is 0 Å². The molecule has 0 saturated carbocycles. The van der Waals surface area contributed by atoms with Crippen LogP contribution in [0.3, 0.4) is 0 Å². The fraction of sp³-hybridized carbons (Fsp3) is 0.111. The van der Waals surface area contributed by atoms with E-state index < -0.39 is 0 Å². The van der Waals surface area contributed by atoms with Crippen molar-refractivity contribution in [1.82, 2.24) is 4.98 Å². The molecule has 0 aliphatic heterocycles. The Morgan fingerprint density at radius 1 is 1.28 bits per heavy atom. The molecule has 1 aromatic heterocycles. The number of carbonyl (C=O) groups excluding carboxylic acids is 1. The molecule has 0 bridgehead atoms. The maximum absolute atomic E-state index is 13.0. The predicted molar refractivity (Wildman–Crippen MR) is 101 cm³/mol. The molecule has 0 radical (unpaired) electrons. The van der Waals surface area contributed by atoms with Crippen LogP contribution in [-0.4, -0.2) is 17.5 Å². The van der Waals surface area contributed by atoms with Crippen LogP contribution < -0.4 is 10.1 Å². The Hall–Kier alpha value is -2.25. The molecule has 25 heavy (non-hydrogen) atoms. The number of aryl methyl sites for hydroxylation is 1. The number of hydrogen-bond acceptors (Lipinski definition) is 4. The summed E-state index contributed by atoms with van der Waals surface area (Å²) < 4.78 is 19.3. The van der Waals surface area contributed by atoms with Crippen LogP contribution in [0.1, 0.15) is 5.56 Å². The first-order valence-electron chi connectivity index (χ1n) is 7.41. The molecule has 2 aromatic carbocycles. The molecule has 0 atom stereocenters. The zero-order chi connectivity index (χ0) is 17.8. The largest absolute Gasteiger partial charge is 0.483 e.